The largest absolute Gasteiger partial charge is 0.454 e. The van der Waals surface area contributed by atoms with Crippen LogP contribution in [0, 0.1) is 0 Å². The molecule has 1 amide bonds. The van der Waals surface area contributed by atoms with E-state index in [0.29, 0.717) is 19.3 Å². The summed E-state index contributed by atoms with van der Waals surface area (Å²) in [6.07, 6.45) is 35.5. The molecule has 1 rings (SSSR count). The summed E-state index contributed by atoms with van der Waals surface area (Å²) in [6, 6.07) is -1.01. The first kappa shape index (κ1) is 61.4. The lowest BCUT2D eigenvalue weighted by molar-refractivity contribution is -0.305. The van der Waals surface area contributed by atoms with Crippen LogP contribution in [0.3, 0.4) is 0 Å². The van der Waals surface area contributed by atoms with Crippen molar-refractivity contribution in [3.05, 3.63) is 12.2 Å². The van der Waals surface area contributed by atoms with E-state index in [1.165, 1.54) is 154 Å². The van der Waals surface area contributed by atoms with Gasteiger partial charge in [-0.3, -0.25) is 9.59 Å². The molecule has 1 fully saturated rings. The molecule has 6 N–H and O–H groups in total. The standard InChI is InChI=1S/C54H103NO10/c1-4-7-10-13-16-19-22-24-25-27-30-33-36-39-42-49(59)65-52-51(61)50(60)48(43-56)64-54(52)63-44-45(46(57)40-37-34-31-29-26-23-20-17-14-11-8-5-2)55-53(62)47(58)41-38-35-32-28-21-18-15-12-9-6-3/h37,40,45-48,50-52,54,56-58,60-61H,4-36,38-39,41-44H2,1-3H3,(H,55,62)/b40-37+. The van der Waals surface area contributed by atoms with E-state index in [0.717, 1.165) is 57.8 Å². The molecule has 1 heterocycles. The van der Waals surface area contributed by atoms with Gasteiger partial charge in [0, 0.05) is 6.42 Å². The number of allylic oxidation sites excluding steroid dienone is 1. The van der Waals surface area contributed by atoms with Crippen LogP contribution in [0.15, 0.2) is 12.2 Å². The second kappa shape index (κ2) is 43.7. The number of ether oxygens (including phenoxy) is 3. The maximum atomic E-state index is 13.3. The quantitative estimate of drug-likeness (QED) is 0.0196. The summed E-state index contributed by atoms with van der Waals surface area (Å²) in [6.45, 7) is 5.76. The number of rotatable bonds is 46. The zero-order valence-electron chi connectivity index (χ0n) is 42.1. The minimum Gasteiger partial charge on any atom is -0.454 e. The van der Waals surface area contributed by atoms with E-state index in [2.05, 4.69) is 26.1 Å². The minimum absolute atomic E-state index is 0.131. The van der Waals surface area contributed by atoms with E-state index >= 15 is 0 Å². The molecule has 1 saturated heterocycles. The maximum absolute atomic E-state index is 13.3. The third kappa shape index (κ3) is 32.7. The molecule has 11 nitrogen and oxygen atoms in total. The van der Waals surface area contributed by atoms with Gasteiger partial charge in [0.1, 0.15) is 24.4 Å². The van der Waals surface area contributed by atoms with Gasteiger partial charge in [-0.25, -0.2) is 0 Å². The van der Waals surface area contributed by atoms with E-state index in [1.54, 1.807) is 6.08 Å². The molecular formula is C54H103NO10. The number of hydrogen-bond donors (Lipinski definition) is 6. The molecule has 11 heteroatoms. The van der Waals surface area contributed by atoms with Crippen LogP contribution in [0.4, 0.5) is 0 Å². The van der Waals surface area contributed by atoms with Gasteiger partial charge in [0.25, 0.3) is 0 Å². The first-order valence-electron chi connectivity index (χ1n) is 27.5. The normalized spacial score (nSPS) is 20.3. The van der Waals surface area contributed by atoms with E-state index in [1.807, 2.05) is 6.08 Å². The number of aliphatic hydroxyl groups is 5. The van der Waals surface area contributed by atoms with Crippen LogP contribution < -0.4 is 5.32 Å². The molecule has 384 valence electrons. The lowest BCUT2D eigenvalue weighted by Crippen LogP contribution is -2.61. The monoisotopic (exact) mass is 926 g/mol. The van der Waals surface area contributed by atoms with Gasteiger partial charge in [0.15, 0.2) is 12.4 Å². The Kier molecular flexibility index (Phi) is 41.3. The van der Waals surface area contributed by atoms with Gasteiger partial charge < -0.3 is 45.1 Å². The average Bonchev–Trinajstić information content (AvgIpc) is 3.30. The Morgan fingerprint density at radius 2 is 1.00 bits per heavy atom. The van der Waals surface area contributed by atoms with E-state index in [9.17, 15) is 35.1 Å². The van der Waals surface area contributed by atoms with Crippen LogP contribution in [-0.2, 0) is 23.8 Å². The number of hydrogen-bond acceptors (Lipinski definition) is 10. The Morgan fingerprint density at radius 1 is 0.585 bits per heavy atom. The van der Waals surface area contributed by atoms with Gasteiger partial charge >= 0.3 is 5.97 Å². The van der Waals surface area contributed by atoms with Crippen molar-refractivity contribution in [3.8, 4) is 0 Å². The van der Waals surface area contributed by atoms with E-state index in [4.69, 9.17) is 14.2 Å². The topological polar surface area (TPSA) is 175 Å². The molecule has 1 aliphatic rings. The predicted molar refractivity (Wildman–Crippen MR) is 265 cm³/mol. The van der Waals surface area contributed by atoms with Crippen molar-refractivity contribution in [1.82, 2.24) is 5.32 Å². The van der Waals surface area contributed by atoms with Crippen molar-refractivity contribution in [3.63, 3.8) is 0 Å². The first-order valence-corrected chi connectivity index (χ1v) is 27.5. The Morgan fingerprint density at radius 3 is 1.45 bits per heavy atom. The van der Waals surface area contributed by atoms with Gasteiger partial charge in [0.05, 0.1) is 25.4 Å². The highest BCUT2D eigenvalue weighted by molar-refractivity contribution is 5.80. The fourth-order valence-electron chi connectivity index (χ4n) is 8.77. The van der Waals surface area contributed by atoms with Crippen molar-refractivity contribution < 1.29 is 49.3 Å². The van der Waals surface area contributed by atoms with E-state index in [-0.39, 0.29) is 13.0 Å². The van der Waals surface area contributed by atoms with Crippen LogP contribution in [-0.4, -0.2) is 99.6 Å². The molecule has 0 aliphatic carbocycles. The van der Waals surface area contributed by atoms with Crippen LogP contribution in [0.2, 0.25) is 0 Å². The third-order valence-electron chi connectivity index (χ3n) is 13.2. The average molecular weight is 926 g/mol. The van der Waals surface area contributed by atoms with Crippen molar-refractivity contribution in [2.45, 2.75) is 307 Å². The Bertz CT molecular complexity index is 1110. The van der Waals surface area contributed by atoms with Crippen molar-refractivity contribution in [1.29, 1.82) is 0 Å². The highest BCUT2D eigenvalue weighted by Crippen LogP contribution is 2.26. The summed E-state index contributed by atoms with van der Waals surface area (Å²) in [7, 11) is 0. The molecule has 0 bridgehead atoms. The number of carbonyl (C=O) groups excluding carboxylic acids is 2. The number of aliphatic hydroxyl groups excluding tert-OH is 5. The fourth-order valence-corrected chi connectivity index (χ4v) is 8.77. The zero-order valence-corrected chi connectivity index (χ0v) is 42.1. The molecule has 8 atom stereocenters. The number of amides is 1. The Labute approximate surface area is 398 Å². The van der Waals surface area contributed by atoms with Crippen molar-refractivity contribution in [2.75, 3.05) is 13.2 Å². The van der Waals surface area contributed by atoms with E-state index < -0.39 is 67.4 Å². The van der Waals surface area contributed by atoms with Gasteiger partial charge in [0.2, 0.25) is 5.91 Å². The van der Waals surface area contributed by atoms with Gasteiger partial charge in [-0.1, -0.05) is 238 Å². The molecule has 1 aliphatic heterocycles. The molecule has 0 saturated carbocycles. The fraction of sp³-hybridized carbons (Fsp3) is 0.926. The summed E-state index contributed by atoms with van der Waals surface area (Å²) in [5, 5.41) is 56.6. The van der Waals surface area contributed by atoms with Gasteiger partial charge in [-0.2, -0.15) is 0 Å². The SMILES string of the molecule is CCCCCCCCCCCC/C=C/C(O)C(COC1OC(CO)C(O)C(O)C1OC(=O)CCCCCCCCCCCCCCCC)NC(=O)C(O)CCCCCCCCCCCC. The summed E-state index contributed by atoms with van der Waals surface area (Å²) >= 11 is 0. The molecule has 0 radical (unpaired) electrons. The second-order valence-corrected chi connectivity index (χ2v) is 19.3. The number of nitrogens with one attached hydrogen (secondary N) is 1. The van der Waals surface area contributed by atoms with Crippen molar-refractivity contribution >= 4 is 11.9 Å². The first-order chi connectivity index (χ1) is 31.7. The lowest BCUT2D eigenvalue weighted by Gasteiger charge is -2.41. The lowest BCUT2D eigenvalue weighted by atomic mass is 9.99. The maximum Gasteiger partial charge on any atom is 0.306 e. The van der Waals surface area contributed by atoms with Crippen LogP contribution in [0.5, 0.6) is 0 Å². The molecule has 0 aromatic heterocycles. The van der Waals surface area contributed by atoms with Gasteiger partial charge in [-0.05, 0) is 25.7 Å². The molecular weight excluding hydrogens is 823 g/mol. The van der Waals surface area contributed by atoms with Crippen molar-refractivity contribution in [2.24, 2.45) is 0 Å². The summed E-state index contributed by atoms with van der Waals surface area (Å²) < 4.78 is 17.5. The number of esters is 1. The number of carbonyl (C=O) groups is 2. The van der Waals surface area contributed by atoms with Crippen LogP contribution in [0.1, 0.15) is 258 Å². The second-order valence-electron chi connectivity index (χ2n) is 19.3. The highest BCUT2D eigenvalue weighted by atomic mass is 16.7. The van der Waals surface area contributed by atoms with Crippen LogP contribution in [0.25, 0.3) is 0 Å². The summed E-state index contributed by atoms with van der Waals surface area (Å²) in [5.41, 5.74) is 0. The van der Waals surface area contributed by atoms with Gasteiger partial charge in [-0.15, -0.1) is 0 Å². The molecule has 0 aromatic carbocycles. The van der Waals surface area contributed by atoms with Crippen LogP contribution >= 0.6 is 0 Å². The molecule has 65 heavy (non-hydrogen) atoms. The number of unbranched alkanes of at least 4 members (excludes halogenated alkanes) is 32. The molecule has 0 aromatic rings. The predicted octanol–water partition coefficient (Wildman–Crippen LogP) is 11.6. The Hall–Kier alpha value is -1.60. The molecule has 0 spiro atoms. The Balaban J connectivity index is 2.74. The minimum atomic E-state index is -1.60. The summed E-state index contributed by atoms with van der Waals surface area (Å²) in [4.78, 5) is 26.3. The third-order valence-corrected chi connectivity index (χ3v) is 13.2. The summed E-state index contributed by atoms with van der Waals surface area (Å²) in [5.74, 6) is -1.18. The zero-order chi connectivity index (χ0) is 47.6. The smallest absolute Gasteiger partial charge is 0.306 e. The molecule has 8 unspecified atom stereocenters. The highest BCUT2D eigenvalue weighted by Gasteiger charge is 2.47.